The van der Waals surface area contributed by atoms with E-state index in [0.717, 1.165) is 24.3 Å². The highest BCUT2D eigenvalue weighted by Crippen LogP contribution is 2.25. The van der Waals surface area contributed by atoms with Crippen molar-refractivity contribution < 1.29 is 9.47 Å². The van der Waals surface area contributed by atoms with Crippen LogP contribution in [-0.4, -0.2) is 19.8 Å². The van der Waals surface area contributed by atoms with Gasteiger partial charge in [-0.2, -0.15) is 0 Å². The molecule has 0 aliphatic carbocycles. The molecule has 0 spiro atoms. The van der Waals surface area contributed by atoms with Gasteiger partial charge < -0.3 is 15.2 Å². The van der Waals surface area contributed by atoms with Gasteiger partial charge in [0.05, 0.1) is 6.61 Å². The fourth-order valence-electron chi connectivity index (χ4n) is 1.67. The molecule has 0 fully saturated rings. The van der Waals surface area contributed by atoms with Gasteiger partial charge in [0.15, 0.2) is 0 Å². The number of ether oxygens (including phenoxy) is 2. The predicted octanol–water partition coefficient (Wildman–Crippen LogP) is 3.15. The summed E-state index contributed by atoms with van der Waals surface area (Å²) < 4.78 is 11.2. The van der Waals surface area contributed by atoms with Crippen molar-refractivity contribution in [1.29, 1.82) is 0 Å². The average molecular weight is 251 g/mol. The summed E-state index contributed by atoms with van der Waals surface area (Å²) >= 11 is 0. The number of rotatable bonds is 8. The topological polar surface area (TPSA) is 44.5 Å². The van der Waals surface area contributed by atoms with Gasteiger partial charge in [-0.3, -0.25) is 0 Å². The Balaban J connectivity index is 2.42. The lowest BCUT2D eigenvalue weighted by Crippen LogP contribution is -2.14. The molecule has 0 saturated carbocycles. The lowest BCUT2D eigenvalue weighted by molar-refractivity contribution is 0.0815. The van der Waals surface area contributed by atoms with Gasteiger partial charge in [0.2, 0.25) is 0 Å². The van der Waals surface area contributed by atoms with Gasteiger partial charge >= 0.3 is 0 Å². The summed E-state index contributed by atoms with van der Waals surface area (Å²) in [4.78, 5) is 0. The number of benzene rings is 1. The standard InChI is InChI=1S/C15H25NO2/c1-4-14(16)13-7-5-6-8-15(13)18-10-9-17-11-12(2)3/h5-8,12,14H,4,9-11,16H2,1-3H3. The van der Waals surface area contributed by atoms with Crippen LogP contribution in [0.25, 0.3) is 0 Å². The molecule has 0 radical (unpaired) electrons. The molecule has 1 aromatic carbocycles. The third kappa shape index (κ3) is 5.07. The van der Waals surface area contributed by atoms with Crippen LogP contribution in [0, 0.1) is 5.92 Å². The first kappa shape index (κ1) is 15.0. The molecule has 3 heteroatoms. The number of hydrogen-bond acceptors (Lipinski definition) is 3. The van der Waals surface area contributed by atoms with Crippen molar-refractivity contribution in [3.63, 3.8) is 0 Å². The van der Waals surface area contributed by atoms with E-state index in [2.05, 4.69) is 20.8 Å². The Bertz CT molecular complexity index is 339. The van der Waals surface area contributed by atoms with Gasteiger partial charge in [0.25, 0.3) is 0 Å². The largest absolute Gasteiger partial charge is 0.491 e. The van der Waals surface area contributed by atoms with E-state index >= 15 is 0 Å². The molecule has 0 aliphatic heterocycles. The molecular weight excluding hydrogens is 226 g/mol. The molecule has 102 valence electrons. The maximum absolute atomic E-state index is 6.05. The minimum absolute atomic E-state index is 0.0396. The van der Waals surface area contributed by atoms with Gasteiger partial charge in [-0.15, -0.1) is 0 Å². The smallest absolute Gasteiger partial charge is 0.124 e. The van der Waals surface area contributed by atoms with Crippen molar-refractivity contribution >= 4 is 0 Å². The molecule has 1 atom stereocenters. The van der Waals surface area contributed by atoms with E-state index in [-0.39, 0.29) is 6.04 Å². The van der Waals surface area contributed by atoms with E-state index < -0.39 is 0 Å². The van der Waals surface area contributed by atoms with Crippen molar-refractivity contribution in [1.82, 2.24) is 0 Å². The second kappa shape index (κ2) is 8.11. The summed E-state index contributed by atoms with van der Waals surface area (Å²) in [7, 11) is 0. The lowest BCUT2D eigenvalue weighted by atomic mass is 10.0. The van der Waals surface area contributed by atoms with Crippen LogP contribution >= 0.6 is 0 Å². The molecule has 0 heterocycles. The van der Waals surface area contributed by atoms with E-state index in [9.17, 15) is 0 Å². The fraction of sp³-hybridized carbons (Fsp3) is 0.600. The molecule has 1 unspecified atom stereocenters. The van der Waals surface area contributed by atoms with Gasteiger partial charge in [0.1, 0.15) is 12.4 Å². The van der Waals surface area contributed by atoms with E-state index in [4.69, 9.17) is 15.2 Å². The Morgan fingerprint density at radius 2 is 1.89 bits per heavy atom. The Hall–Kier alpha value is -1.06. The van der Waals surface area contributed by atoms with E-state index in [0.29, 0.717) is 19.1 Å². The molecule has 0 saturated heterocycles. The zero-order valence-electron chi connectivity index (χ0n) is 11.7. The lowest BCUT2D eigenvalue weighted by Gasteiger charge is -2.15. The summed E-state index contributed by atoms with van der Waals surface area (Å²) in [6.45, 7) is 8.31. The molecule has 3 nitrogen and oxygen atoms in total. The van der Waals surface area contributed by atoms with Crippen molar-refractivity contribution in [3.05, 3.63) is 29.8 Å². The quantitative estimate of drug-likeness (QED) is 0.722. The normalized spacial score (nSPS) is 12.7. The van der Waals surface area contributed by atoms with E-state index in [1.54, 1.807) is 0 Å². The SMILES string of the molecule is CCC(N)c1ccccc1OCCOCC(C)C. The second-order valence-corrected chi connectivity index (χ2v) is 4.87. The predicted molar refractivity (Wildman–Crippen MR) is 74.8 cm³/mol. The monoisotopic (exact) mass is 251 g/mol. The van der Waals surface area contributed by atoms with Crippen LogP contribution in [0.5, 0.6) is 5.75 Å². The second-order valence-electron chi connectivity index (χ2n) is 4.87. The third-order valence-corrected chi connectivity index (χ3v) is 2.69. The highest BCUT2D eigenvalue weighted by molar-refractivity contribution is 5.35. The van der Waals surface area contributed by atoms with E-state index in [1.165, 1.54) is 0 Å². The van der Waals surface area contributed by atoms with Crippen molar-refractivity contribution in [2.45, 2.75) is 33.2 Å². The Morgan fingerprint density at radius 3 is 2.56 bits per heavy atom. The van der Waals surface area contributed by atoms with Crippen molar-refractivity contribution in [2.24, 2.45) is 11.7 Å². The highest BCUT2D eigenvalue weighted by atomic mass is 16.5. The van der Waals surface area contributed by atoms with Crippen LogP contribution in [0.1, 0.15) is 38.8 Å². The summed E-state index contributed by atoms with van der Waals surface area (Å²) in [5, 5.41) is 0. The Morgan fingerprint density at radius 1 is 1.17 bits per heavy atom. The van der Waals surface area contributed by atoms with Crippen LogP contribution in [0.15, 0.2) is 24.3 Å². The van der Waals surface area contributed by atoms with Gasteiger partial charge in [-0.05, 0) is 18.4 Å². The van der Waals surface area contributed by atoms with Gasteiger partial charge in [0, 0.05) is 18.2 Å². The summed E-state index contributed by atoms with van der Waals surface area (Å²) in [5.74, 6) is 1.44. The molecule has 0 amide bonds. The van der Waals surface area contributed by atoms with Gasteiger partial charge in [-0.1, -0.05) is 39.0 Å². The molecule has 0 aliphatic rings. The first-order chi connectivity index (χ1) is 8.65. The minimum Gasteiger partial charge on any atom is -0.491 e. The number of para-hydroxylation sites is 1. The third-order valence-electron chi connectivity index (χ3n) is 2.69. The molecule has 0 aromatic heterocycles. The maximum Gasteiger partial charge on any atom is 0.124 e. The fourth-order valence-corrected chi connectivity index (χ4v) is 1.67. The maximum atomic E-state index is 6.05. The molecule has 18 heavy (non-hydrogen) atoms. The number of hydrogen-bond donors (Lipinski definition) is 1. The minimum atomic E-state index is 0.0396. The van der Waals surface area contributed by atoms with Crippen LogP contribution in [0.2, 0.25) is 0 Å². The van der Waals surface area contributed by atoms with Crippen LogP contribution in [-0.2, 0) is 4.74 Å². The first-order valence-corrected chi connectivity index (χ1v) is 6.70. The highest BCUT2D eigenvalue weighted by Gasteiger charge is 2.09. The molecule has 1 rings (SSSR count). The van der Waals surface area contributed by atoms with Gasteiger partial charge in [-0.25, -0.2) is 0 Å². The zero-order chi connectivity index (χ0) is 13.4. The summed E-state index contributed by atoms with van der Waals surface area (Å²) in [5.41, 5.74) is 7.13. The van der Waals surface area contributed by atoms with E-state index in [1.807, 2.05) is 24.3 Å². The van der Waals surface area contributed by atoms with Crippen molar-refractivity contribution in [2.75, 3.05) is 19.8 Å². The zero-order valence-corrected chi connectivity index (χ0v) is 11.7. The summed E-state index contributed by atoms with van der Waals surface area (Å²) in [6.07, 6.45) is 0.907. The van der Waals surface area contributed by atoms with Crippen molar-refractivity contribution in [3.8, 4) is 5.75 Å². The average Bonchev–Trinajstić information content (AvgIpc) is 2.37. The number of nitrogens with two attached hydrogens (primary N) is 1. The molecule has 1 aromatic rings. The Kier molecular flexibility index (Phi) is 6.76. The molecule has 2 N–H and O–H groups in total. The summed E-state index contributed by atoms with van der Waals surface area (Å²) in [6, 6.07) is 7.99. The molecular formula is C15H25NO2. The van der Waals surface area contributed by atoms with Crippen LogP contribution in [0.3, 0.4) is 0 Å². The molecule has 0 bridgehead atoms. The Labute approximate surface area is 110 Å². The first-order valence-electron chi connectivity index (χ1n) is 6.70. The van der Waals surface area contributed by atoms with Crippen LogP contribution in [0.4, 0.5) is 0 Å². The van der Waals surface area contributed by atoms with Crippen LogP contribution < -0.4 is 10.5 Å².